The van der Waals surface area contributed by atoms with Crippen molar-refractivity contribution >= 4 is 10.0 Å². The number of aromatic nitrogens is 2. The lowest BCUT2D eigenvalue weighted by atomic mass is 10.2. The standard InChI is InChI=1S/C12H21N3O3S/c1-8(2)12-13-6-11(14-12)19(17,18)15(3)7-10(16)9-4-5-9/h6,8-10,16H,4-5,7H2,1-3H3,(H,13,14). The number of imidazole rings is 1. The van der Waals surface area contributed by atoms with Crippen molar-refractivity contribution in [1.29, 1.82) is 0 Å². The Hall–Kier alpha value is -0.920. The van der Waals surface area contributed by atoms with Crippen molar-refractivity contribution in [2.24, 2.45) is 5.92 Å². The van der Waals surface area contributed by atoms with Gasteiger partial charge in [-0.1, -0.05) is 13.8 Å². The number of nitrogens with zero attached hydrogens (tertiary/aromatic N) is 2. The van der Waals surface area contributed by atoms with E-state index in [0.717, 1.165) is 12.8 Å². The second kappa shape index (κ2) is 5.22. The number of rotatable bonds is 6. The summed E-state index contributed by atoms with van der Waals surface area (Å²) in [5.41, 5.74) is 0. The van der Waals surface area contributed by atoms with Crippen molar-refractivity contribution in [3.05, 3.63) is 12.0 Å². The van der Waals surface area contributed by atoms with Crippen LogP contribution < -0.4 is 0 Å². The Balaban J connectivity index is 2.10. The number of hydrogen-bond donors (Lipinski definition) is 2. The smallest absolute Gasteiger partial charge is 0.259 e. The molecule has 0 spiro atoms. The van der Waals surface area contributed by atoms with Gasteiger partial charge in [-0.2, -0.15) is 4.31 Å². The Labute approximate surface area is 113 Å². The Morgan fingerprint density at radius 3 is 2.63 bits per heavy atom. The quantitative estimate of drug-likeness (QED) is 0.814. The first-order valence-electron chi connectivity index (χ1n) is 6.51. The van der Waals surface area contributed by atoms with Gasteiger partial charge >= 0.3 is 0 Å². The van der Waals surface area contributed by atoms with E-state index in [2.05, 4.69) is 9.97 Å². The third-order valence-corrected chi connectivity index (χ3v) is 5.15. The molecule has 1 heterocycles. The molecule has 0 saturated heterocycles. The van der Waals surface area contributed by atoms with Gasteiger partial charge in [0, 0.05) is 19.5 Å². The third-order valence-electron chi connectivity index (χ3n) is 3.42. The van der Waals surface area contributed by atoms with Crippen LogP contribution in [0.15, 0.2) is 11.2 Å². The molecule has 2 N–H and O–H groups in total. The van der Waals surface area contributed by atoms with Crippen molar-refractivity contribution in [2.45, 2.75) is 43.7 Å². The zero-order valence-electron chi connectivity index (χ0n) is 11.5. The second-order valence-electron chi connectivity index (χ2n) is 5.48. The molecule has 1 aromatic rings. The van der Waals surface area contributed by atoms with Crippen LogP contribution in [0.1, 0.15) is 38.4 Å². The maximum atomic E-state index is 12.3. The number of H-pyrrole nitrogens is 1. The lowest BCUT2D eigenvalue weighted by Crippen LogP contribution is -2.35. The van der Waals surface area contributed by atoms with Crippen LogP contribution in [0.4, 0.5) is 0 Å². The van der Waals surface area contributed by atoms with E-state index in [9.17, 15) is 13.5 Å². The van der Waals surface area contributed by atoms with E-state index in [-0.39, 0.29) is 23.4 Å². The van der Waals surface area contributed by atoms with Crippen LogP contribution in [0.2, 0.25) is 0 Å². The predicted octanol–water partition coefficient (Wildman–Crippen LogP) is 0.924. The summed E-state index contributed by atoms with van der Waals surface area (Å²) >= 11 is 0. The molecule has 7 heteroatoms. The van der Waals surface area contributed by atoms with Crippen molar-refractivity contribution < 1.29 is 13.5 Å². The highest BCUT2D eigenvalue weighted by Gasteiger charge is 2.33. The minimum atomic E-state index is -3.60. The number of nitrogens with one attached hydrogen (secondary N) is 1. The topological polar surface area (TPSA) is 86.3 Å². The Kier molecular flexibility index (Phi) is 3.98. The van der Waals surface area contributed by atoms with Gasteiger partial charge in [-0.3, -0.25) is 0 Å². The van der Waals surface area contributed by atoms with E-state index in [0.29, 0.717) is 5.82 Å². The molecule has 1 aliphatic carbocycles. The summed E-state index contributed by atoms with van der Waals surface area (Å²) in [4.78, 5) is 6.90. The Bertz CT molecular complexity index is 534. The molecule has 1 fully saturated rings. The number of aromatic amines is 1. The van der Waals surface area contributed by atoms with Crippen LogP contribution in [0.25, 0.3) is 0 Å². The highest BCUT2D eigenvalue weighted by molar-refractivity contribution is 7.89. The molecule has 1 atom stereocenters. The first-order valence-corrected chi connectivity index (χ1v) is 7.95. The van der Waals surface area contributed by atoms with Gasteiger partial charge in [0.25, 0.3) is 10.0 Å². The van der Waals surface area contributed by atoms with Crippen molar-refractivity contribution in [3.8, 4) is 0 Å². The molecule has 0 aromatic carbocycles. The highest BCUT2D eigenvalue weighted by atomic mass is 32.2. The third kappa shape index (κ3) is 3.16. The molecule has 19 heavy (non-hydrogen) atoms. The number of aliphatic hydroxyl groups is 1. The molecule has 2 rings (SSSR count). The van der Waals surface area contributed by atoms with Crippen molar-refractivity contribution in [2.75, 3.05) is 13.6 Å². The van der Waals surface area contributed by atoms with Crippen LogP contribution in [0, 0.1) is 5.92 Å². The summed E-state index contributed by atoms with van der Waals surface area (Å²) in [6, 6.07) is 0. The fourth-order valence-corrected chi connectivity index (χ4v) is 3.01. The Morgan fingerprint density at radius 1 is 1.53 bits per heavy atom. The molecular weight excluding hydrogens is 266 g/mol. The number of hydrogen-bond acceptors (Lipinski definition) is 4. The van der Waals surface area contributed by atoms with Crippen LogP contribution in [0.5, 0.6) is 0 Å². The molecule has 0 radical (unpaired) electrons. The van der Waals surface area contributed by atoms with E-state index in [1.54, 1.807) is 0 Å². The van der Waals surface area contributed by atoms with Crippen LogP contribution in [-0.4, -0.2) is 47.5 Å². The van der Waals surface area contributed by atoms with Gasteiger partial charge in [0.05, 0.1) is 12.3 Å². The van der Waals surface area contributed by atoms with Gasteiger partial charge < -0.3 is 10.1 Å². The number of likely N-dealkylation sites (N-methyl/N-ethyl adjacent to an activating group) is 1. The van der Waals surface area contributed by atoms with Gasteiger partial charge in [-0.05, 0) is 18.8 Å². The Morgan fingerprint density at radius 2 is 2.16 bits per heavy atom. The van der Waals surface area contributed by atoms with Crippen molar-refractivity contribution in [1.82, 2.24) is 14.3 Å². The summed E-state index contributed by atoms with van der Waals surface area (Å²) < 4.78 is 25.8. The molecule has 1 saturated carbocycles. The normalized spacial score (nSPS) is 18.2. The summed E-state index contributed by atoms with van der Waals surface area (Å²) in [6.07, 6.45) is 2.73. The van der Waals surface area contributed by atoms with Crippen LogP contribution >= 0.6 is 0 Å². The van der Waals surface area contributed by atoms with E-state index >= 15 is 0 Å². The van der Waals surface area contributed by atoms with Crippen LogP contribution in [0.3, 0.4) is 0 Å². The average Bonchev–Trinajstić information content (AvgIpc) is 3.05. The molecule has 0 bridgehead atoms. The van der Waals surface area contributed by atoms with Gasteiger partial charge in [-0.25, -0.2) is 13.4 Å². The maximum absolute atomic E-state index is 12.3. The zero-order chi connectivity index (χ0) is 14.2. The summed E-state index contributed by atoms with van der Waals surface area (Å²) in [7, 11) is -2.11. The molecule has 0 aliphatic heterocycles. The lowest BCUT2D eigenvalue weighted by molar-refractivity contribution is 0.131. The first kappa shape index (κ1) is 14.5. The molecule has 1 unspecified atom stereocenters. The zero-order valence-corrected chi connectivity index (χ0v) is 12.3. The highest BCUT2D eigenvalue weighted by Crippen LogP contribution is 2.33. The summed E-state index contributed by atoms with van der Waals surface area (Å²) in [5.74, 6) is 1.05. The van der Waals surface area contributed by atoms with Gasteiger partial charge in [0.2, 0.25) is 0 Å². The predicted molar refractivity (Wildman–Crippen MR) is 71.2 cm³/mol. The van der Waals surface area contributed by atoms with E-state index in [1.165, 1.54) is 17.5 Å². The molecular formula is C12H21N3O3S. The van der Waals surface area contributed by atoms with Gasteiger partial charge in [0.1, 0.15) is 5.82 Å². The minimum Gasteiger partial charge on any atom is -0.391 e. The van der Waals surface area contributed by atoms with Crippen LogP contribution in [-0.2, 0) is 10.0 Å². The number of aliphatic hydroxyl groups excluding tert-OH is 1. The molecule has 1 aromatic heterocycles. The average molecular weight is 287 g/mol. The second-order valence-corrected chi connectivity index (χ2v) is 7.49. The van der Waals surface area contributed by atoms with E-state index in [1.807, 2.05) is 13.8 Å². The molecule has 6 nitrogen and oxygen atoms in total. The summed E-state index contributed by atoms with van der Waals surface area (Å²) in [5, 5.41) is 9.92. The SMILES string of the molecule is CC(C)c1ncc(S(=O)(=O)N(C)CC(O)C2CC2)[nH]1. The molecule has 108 valence electrons. The van der Waals surface area contributed by atoms with Gasteiger partial charge in [0.15, 0.2) is 5.03 Å². The minimum absolute atomic E-state index is 0.0849. The largest absolute Gasteiger partial charge is 0.391 e. The fraction of sp³-hybridized carbons (Fsp3) is 0.750. The molecule has 1 aliphatic rings. The maximum Gasteiger partial charge on any atom is 0.259 e. The number of sulfonamides is 1. The van der Waals surface area contributed by atoms with Gasteiger partial charge in [-0.15, -0.1) is 0 Å². The lowest BCUT2D eigenvalue weighted by Gasteiger charge is -2.19. The fourth-order valence-electron chi connectivity index (χ4n) is 1.90. The van der Waals surface area contributed by atoms with E-state index in [4.69, 9.17) is 0 Å². The summed E-state index contributed by atoms with van der Waals surface area (Å²) in [6.45, 7) is 4.01. The van der Waals surface area contributed by atoms with Crippen molar-refractivity contribution in [3.63, 3.8) is 0 Å². The monoisotopic (exact) mass is 287 g/mol. The molecule has 0 amide bonds. The van der Waals surface area contributed by atoms with E-state index < -0.39 is 16.1 Å². The first-order chi connectivity index (χ1) is 8.82.